The Balaban J connectivity index is 2.12. The smallest absolute Gasteiger partial charge is 0.264 e. The third-order valence-electron chi connectivity index (χ3n) is 6.77. The van der Waals surface area contributed by atoms with Crippen molar-refractivity contribution in [3.05, 3.63) is 82.3 Å². The van der Waals surface area contributed by atoms with Crippen LogP contribution in [0.5, 0.6) is 11.5 Å². The van der Waals surface area contributed by atoms with Crippen LogP contribution in [0.1, 0.15) is 32.8 Å². The van der Waals surface area contributed by atoms with Crippen LogP contribution in [0.3, 0.4) is 0 Å². The number of nitrogens with one attached hydrogen (secondary N) is 1. The molecule has 3 aromatic rings. The SMILES string of the molecule is CCC(C)NC(=O)C(C)N(Cc1ccc(Cl)c(Cl)c1)C(=O)CN(c1cc(OC)ccc1OC)S(=O)(=O)c1ccccc1. The molecule has 3 aromatic carbocycles. The number of hydrogen-bond donors (Lipinski definition) is 1. The van der Waals surface area contributed by atoms with Crippen molar-refractivity contribution < 1.29 is 27.5 Å². The van der Waals surface area contributed by atoms with E-state index in [2.05, 4.69) is 5.32 Å². The second kappa shape index (κ2) is 14.6. The Morgan fingerprint density at radius 3 is 2.21 bits per heavy atom. The van der Waals surface area contributed by atoms with Crippen molar-refractivity contribution in [2.45, 2.75) is 50.7 Å². The molecule has 3 rings (SSSR count). The van der Waals surface area contributed by atoms with Crippen LogP contribution in [0.25, 0.3) is 0 Å². The first-order chi connectivity index (χ1) is 19.9. The Morgan fingerprint density at radius 1 is 0.929 bits per heavy atom. The largest absolute Gasteiger partial charge is 0.497 e. The molecule has 226 valence electrons. The van der Waals surface area contributed by atoms with Crippen LogP contribution in [0, 0.1) is 0 Å². The second-order valence-corrected chi connectivity index (χ2v) is 12.3. The first-order valence-electron chi connectivity index (χ1n) is 13.3. The van der Waals surface area contributed by atoms with Crippen LogP contribution < -0.4 is 19.1 Å². The van der Waals surface area contributed by atoms with Gasteiger partial charge in [-0.15, -0.1) is 0 Å². The third kappa shape index (κ3) is 7.87. The maximum atomic E-state index is 14.1. The number of sulfonamides is 1. The van der Waals surface area contributed by atoms with E-state index in [0.29, 0.717) is 22.8 Å². The number of amides is 2. The van der Waals surface area contributed by atoms with Crippen LogP contribution in [0.2, 0.25) is 10.0 Å². The first kappa shape index (κ1) is 33.0. The predicted octanol–water partition coefficient (Wildman–Crippen LogP) is 5.54. The molecular formula is C30H35Cl2N3O6S. The molecule has 0 saturated heterocycles. The summed E-state index contributed by atoms with van der Waals surface area (Å²) >= 11 is 12.3. The Kier molecular flexibility index (Phi) is 11.5. The maximum absolute atomic E-state index is 14.1. The van der Waals surface area contributed by atoms with Gasteiger partial charge in [-0.25, -0.2) is 8.42 Å². The normalized spacial score (nSPS) is 12.6. The monoisotopic (exact) mass is 635 g/mol. The highest BCUT2D eigenvalue weighted by atomic mass is 35.5. The molecule has 0 fully saturated rings. The van der Waals surface area contributed by atoms with Gasteiger partial charge in [0.15, 0.2) is 0 Å². The average molecular weight is 637 g/mol. The number of carbonyl (C=O) groups excluding carboxylic acids is 2. The molecule has 0 heterocycles. The molecule has 42 heavy (non-hydrogen) atoms. The molecule has 1 N–H and O–H groups in total. The Bertz CT molecular complexity index is 1500. The summed E-state index contributed by atoms with van der Waals surface area (Å²) in [5.41, 5.74) is 0.706. The molecule has 0 aromatic heterocycles. The van der Waals surface area contributed by atoms with Gasteiger partial charge in [0.1, 0.15) is 24.1 Å². The Hall–Kier alpha value is -3.47. The van der Waals surface area contributed by atoms with Crippen LogP contribution >= 0.6 is 23.2 Å². The third-order valence-corrected chi connectivity index (χ3v) is 9.28. The summed E-state index contributed by atoms with van der Waals surface area (Å²) in [6.07, 6.45) is 0.692. The number of ether oxygens (including phenoxy) is 2. The molecular weight excluding hydrogens is 601 g/mol. The summed E-state index contributed by atoms with van der Waals surface area (Å²) in [7, 11) is -1.43. The fourth-order valence-corrected chi connectivity index (χ4v) is 5.87. The maximum Gasteiger partial charge on any atom is 0.264 e. The van der Waals surface area contributed by atoms with E-state index in [1.165, 1.54) is 37.3 Å². The van der Waals surface area contributed by atoms with E-state index in [-0.39, 0.29) is 39.8 Å². The second-order valence-electron chi connectivity index (χ2n) is 9.63. The molecule has 0 aliphatic rings. The number of anilines is 1. The minimum Gasteiger partial charge on any atom is -0.497 e. The fourth-order valence-electron chi connectivity index (χ4n) is 4.11. The number of rotatable bonds is 13. The number of methoxy groups -OCH3 is 2. The van der Waals surface area contributed by atoms with Crippen molar-refractivity contribution in [3.63, 3.8) is 0 Å². The van der Waals surface area contributed by atoms with E-state index in [0.717, 1.165) is 4.31 Å². The molecule has 0 bridgehead atoms. The zero-order chi connectivity index (χ0) is 31.0. The van der Waals surface area contributed by atoms with Gasteiger partial charge in [-0.05, 0) is 62.2 Å². The summed E-state index contributed by atoms with van der Waals surface area (Å²) in [6, 6.07) is 16.2. The predicted molar refractivity (Wildman–Crippen MR) is 165 cm³/mol. The van der Waals surface area contributed by atoms with E-state index in [9.17, 15) is 18.0 Å². The van der Waals surface area contributed by atoms with Gasteiger partial charge in [-0.1, -0.05) is 54.4 Å². The van der Waals surface area contributed by atoms with Gasteiger partial charge in [0.2, 0.25) is 11.8 Å². The molecule has 0 saturated carbocycles. The molecule has 2 atom stereocenters. The van der Waals surface area contributed by atoms with Crippen LogP contribution in [-0.4, -0.2) is 58.0 Å². The van der Waals surface area contributed by atoms with E-state index >= 15 is 0 Å². The van der Waals surface area contributed by atoms with Gasteiger partial charge in [0.05, 0.1) is 34.8 Å². The van der Waals surface area contributed by atoms with E-state index in [4.69, 9.17) is 32.7 Å². The first-order valence-corrected chi connectivity index (χ1v) is 15.5. The minimum atomic E-state index is -4.28. The molecule has 0 spiro atoms. The minimum absolute atomic E-state index is 0.0266. The summed E-state index contributed by atoms with van der Waals surface area (Å²) in [6.45, 7) is 4.72. The summed E-state index contributed by atoms with van der Waals surface area (Å²) in [5, 5.41) is 3.52. The highest BCUT2D eigenvalue weighted by molar-refractivity contribution is 7.92. The van der Waals surface area contributed by atoms with E-state index in [1.54, 1.807) is 55.5 Å². The number of hydrogen-bond acceptors (Lipinski definition) is 6. The van der Waals surface area contributed by atoms with Crippen molar-refractivity contribution in [2.24, 2.45) is 0 Å². The molecule has 0 aliphatic heterocycles. The molecule has 9 nitrogen and oxygen atoms in total. The van der Waals surface area contributed by atoms with Crippen LogP contribution in [0.4, 0.5) is 5.69 Å². The van der Waals surface area contributed by atoms with Crippen molar-refractivity contribution in [2.75, 3.05) is 25.1 Å². The van der Waals surface area contributed by atoms with Gasteiger partial charge < -0.3 is 19.7 Å². The average Bonchev–Trinajstić information content (AvgIpc) is 2.99. The van der Waals surface area contributed by atoms with Crippen LogP contribution in [-0.2, 0) is 26.2 Å². The molecule has 0 radical (unpaired) electrons. The highest BCUT2D eigenvalue weighted by Gasteiger charge is 2.34. The van der Waals surface area contributed by atoms with E-state index < -0.39 is 28.5 Å². The van der Waals surface area contributed by atoms with Gasteiger partial charge in [0.25, 0.3) is 10.0 Å². The van der Waals surface area contributed by atoms with Crippen molar-refractivity contribution in [3.8, 4) is 11.5 Å². The van der Waals surface area contributed by atoms with Crippen molar-refractivity contribution in [1.29, 1.82) is 0 Å². The topological polar surface area (TPSA) is 105 Å². The number of benzene rings is 3. The lowest BCUT2D eigenvalue weighted by Crippen LogP contribution is -2.52. The van der Waals surface area contributed by atoms with Crippen molar-refractivity contribution in [1.82, 2.24) is 10.2 Å². The molecule has 0 aliphatic carbocycles. The quantitative estimate of drug-likeness (QED) is 0.264. The Labute approximate surface area is 257 Å². The number of halogens is 2. The lowest BCUT2D eigenvalue weighted by atomic mass is 10.1. The molecule has 12 heteroatoms. The summed E-state index contributed by atoms with van der Waals surface area (Å²) < 4.78 is 39.9. The van der Waals surface area contributed by atoms with E-state index in [1.807, 2.05) is 13.8 Å². The zero-order valence-electron chi connectivity index (χ0n) is 24.1. The highest BCUT2D eigenvalue weighted by Crippen LogP contribution is 2.36. The van der Waals surface area contributed by atoms with Gasteiger partial charge >= 0.3 is 0 Å². The fraction of sp³-hybridized carbons (Fsp3) is 0.333. The molecule has 2 amide bonds. The molecule has 2 unspecified atom stereocenters. The number of nitrogens with zero attached hydrogens (tertiary/aromatic N) is 2. The van der Waals surface area contributed by atoms with Crippen LogP contribution in [0.15, 0.2) is 71.6 Å². The van der Waals surface area contributed by atoms with Gasteiger partial charge in [-0.2, -0.15) is 0 Å². The van der Waals surface area contributed by atoms with Gasteiger partial charge in [0, 0.05) is 18.7 Å². The van der Waals surface area contributed by atoms with Crippen molar-refractivity contribution >= 4 is 50.7 Å². The Morgan fingerprint density at radius 2 is 1.62 bits per heavy atom. The lowest BCUT2D eigenvalue weighted by molar-refractivity contribution is -0.139. The zero-order valence-corrected chi connectivity index (χ0v) is 26.5. The standard InChI is InChI=1S/C30H35Cl2N3O6S/c1-6-20(2)33-30(37)21(3)34(18-22-12-14-25(31)26(32)16-22)29(36)19-35(42(38,39)24-10-8-7-9-11-24)27-17-23(40-4)13-15-28(27)41-5/h7-17,20-21H,6,18-19H2,1-5H3,(H,33,37). The summed E-state index contributed by atoms with van der Waals surface area (Å²) in [4.78, 5) is 28.6. The van der Waals surface area contributed by atoms with Gasteiger partial charge in [-0.3, -0.25) is 13.9 Å². The number of carbonyl (C=O) groups is 2. The lowest BCUT2D eigenvalue weighted by Gasteiger charge is -2.33. The summed E-state index contributed by atoms with van der Waals surface area (Å²) in [5.74, 6) is -0.436.